The lowest BCUT2D eigenvalue weighted by atomic mass is 10.1. The molecule has 0 spiro atoms. The van der Waals surface area contributed by atoms with E-state index in [1.54, 1.807) is 0 Å². The third-order valence-electron chi connectivity index (χ3n) is 7.06. The number of aromatic nitrogens is 4. The first-order valence-corrected chi connectivity index (χ1v) is 12.6. The van der Waals surface area contributed by atoms with Crippen LogP contribution in [0.15, 0.2) is 126 Å². The van der Waals surface area contributed by atoms with Gasteiger partial charge in [0.15, 0.2) is 11.6 Å². The third-order valence-corrected chi connectivity index (χ3v) is 7.06. The van der Waals surface area contributed by atoms with E-state index in [4.69, 9.17) is 19.4 Å². The first kappa shape index (κ1) is 20.9. The molecular weight excluding hydrogens is 468 g/mol. The number of furan rings is 1. The Morgan fingerprint density at radius 3 is 1.76 bits per heavy atom. The Hall–Kier alpha value is -5.29. The molecule has 0 aliphatic rings. The molecule has 0 unspecified atom stereocenters. The first-order valence-electron chi connectivity index (χ1n) is 12.6. The lowest BCUT2D eigenvalue weighted by molar-refractivity contribution is 0.669. The molecule has 0 saturated carbocycles. The smallest absolute Gasteiger partial charge is 0.238 e. The summed E-state index contributed by atoms with van der Waals surface area (Å²) in [5.41, 5.74) is 5.69. The van der Waals surface area contributed by atoms with Gasteiger partial charge in [0.25, 0.3) is 0 Å². The predicted octanol–water partition coefficient (Wildman–Crippen LogP) is 8.20. The van der Waals surface area contributed by atoms with E-state index < -0.39 is 0 Å². The molecule has 38 heavy (non-hydrogen) atoms. The number of para-hydroxylation sites is 2. The normalized spacial score (nSPS) is 11.7. The molecule has 0 bridgehead atoms. The second-order valence-corrected chi connectivity index (χ2v) is 9.30. The highest BCUT2D eigenvalue weighted by molar-refractivity contribution is 6.27. The third kappa shape index (κ3) is 3.09. The predicted molar refractivity (Wildman–Crippen MR) is 152 cm³/mol. The maximum Gasteiger partial charge on any atom is 0.238 e. The van der Waals surface area contributed by atoms with Gasteiger partial charge in [0.2, 0.25) is 5.95 Å². The Labute approximate surface area is 217 Å². The Kier molecular flexibility index (Phi) is 4.45. The summed E-state index contributed by atoms with van der Waals surface area (Å²) in [4.78, 5) is 14.9. The minimum Gasteiger partial charge on any atom is -0.456 e. The molecule has 8 aromatic rings. The SMILES string of the molecule is c1ccc(-c2nc(-c3ccccc3)nc(-n3c4ccccc4c4c5c(ccc43)oc3ccccc35)n2)cc1. The van der Waals surface area contributed by atoms with Crippen LogP contribution in [0.5, 0.6) is 0 Å². The van der Waals surface area contributed by atoms with Gasteiger partial charge in [-0.1, -0.05) is 97.1 Å². The van der Waals surface area contributed by atoms with Gasteiger partial charge in [0.1, 0.15) is 11.2 Å². The van der Waals surface area contributed by atoms with E-state index in [9.17, 15) is 0 Å². The summed E-state index contributed by atoms with van der Waals surface area (Å²) in [5, 5.41) is 4.46. The van der Waals surface area contributed by atoms with E-state index in [-0.39, 0.29) is 0 Å². The molecule has 5 heteroatoms. The molecule has 5 aromatic carbocycles. The topological polar surface area (TPSA) is 56.7 Å². The molecule has 3 aromatic heterocycles. The van der Waals surface area contributed by atoms with Crippen molar-refractivity contribution in [3.05, 3.63) is 121 Å². The van der Waals surface area contributed by atoms with Gasteiger partial charge < -0.3 is 4.42 Å². The Bertz CT molecular complexity index is 2070. The van der Waals surface area contributed by atoms with E-state index in [2.05, 4.69) is 47.0 Å². The Balaban J connectivity index is 1.51. The van der Waals surface area contributed by atoms with E-state index in [1.807, 2.05) is 78.9 Å². The van der Waals surface area contributed by atoms with Gasteiger partial charge in [-0.15, -0.1) is 0 Å². The summed E-state index contributed by atoms with van der Waals surface area (Å²) in [6, 6.07) is 40.9. The molecule has 178 valence electrons. The largest absolute Gasteiger partial charge is 0.456 e. The fraction of sp³-hybridized carbons (Fsp3) is 0. The fourth-order valence-electron chi connectivity index (χ4n) is 5.39. The van der Waals surface area contributed by atoms with Crippen LogP contribution in [0.1, 0.15) is 0 Å². The summed E-state index contributed by atoms with van der Waals surface area (Å²) >= 11 is 0. The zero-order valence-corrected chi connectivity index (χ0v) is 20.2. The van der Waals surface area contributed by atoms with Crippen molar-refractivity contribution in [2.45, 2.75) is 0 Å². The van der Waals surface area contributed by atoms with Crippen molar-refractivity contribution >= 4 is 43.7 Å². The Morgan fingerprint density at radius 2 is 1.05 bits per heavy atom. The van der Waals surface area contributed by atoms with E-state index in [0.29, 0.717) is 17.6 Å². The number of fused-ring (bicyclic) bond motifs is 7. The van der Waals surface area contributed by atoms with Crippen LogP contribution in [0.4, 0.5) is 0 Å². The molecule has 8 rings (SSSR count). The molecule has 0 fully saturated rings. The molecule has 0 atom stereocenters. The quantitative estimate of drug-likeness (QED) is 0.251. The molecule has 0 radical (unpaired) electrons. The van der Waals surface area contributed by atoms with E-state index in [0.717, 1.165) is 54.9 Å². The monoisotopic (exact) mass is 488 g/mol. The van der Waals surface area contributed by atoms with Crippen LogP contribution < -0.4 is 0 Å². The summed E-state index contributed by atoms with van der Waals surface area (Å²) in [7, 11) is 0. The number of hydrogen-bond acceptors (Lipinski definition) is 4. The lowest BCUT2D eigenvalue weighted by Crippen LogP contribution is -2.06. The minimum absolute atomic E-state index is 0.580. The molecule has 0 aliphatic heterocycles. The summed E-state index contributed by atoms with van der Waals surface area (Å²) in [6.07, 6.45) is 0. The van der Waals surface area contributed by atoms with Crippen LogP contribution in [0.25, 0.3) is 72.5 Å². The van der Waals surface area contributed by atoms with Crippen LogP contribution in [0.3, 0.4) is 0 Å². The van der Waals surface area contributed by atoms with Gasteiger partial charge in [-0.25, -0.2) is 4.98 Å². The van der Waals surface area contributed by atoms with Gasteiger partial charge >= 0.3 is 0 Å². The highest BCUT2D eigenvalue weighted by Crippen LogP contribution is 2.40. The summed E-state index contributed by atoms with van der Waals surface area (Å²) in [6.45, 7) is 0. The molecule has 0 aliphatic carbocycles. The van der Waals surface area contributed by atoms with Crippen LogP contribution in [0.2, 0.25) is 0 Å². The average Bonchev–Trinajstić information content (AvgIpc) is 3.53. The zero-order valence-electron chi connectivity index (χ0n) is 20.2. The second-order valence-electron chi connectivity index (χ2n) is 9.30. The number of nitrogens with zero attached hydrogens (tertiary/aromatic N) is 4. The lowest BCUT2D eigenvalue weighted by Gasteiger charge is -2.10. The number of benzene rings is 5. The van der Waals surface area contributed by atoms with Crippen molar-refractivity contribution < 1.29 is 4.42 Å². The van der Waals surface area contributed by atoms with Crippen LogP contribution in [-0.2, 0) is 0 Å². The van der Waals surface area contributed by atoms with Crippen molar-refractivity contribution in [3.8, 4) is 28.7 Å². The van der Waals surface area contributed by atoms with Gasteiger partial charge in [-0.3, -0.25) is 4.57 Å². The van der Waals surface area contributed by atoms with Crippen molar-refractivity contribution in [1.29, 1.82) is 0 Å². The highest BCUT2D eigenvalue weighted by Gasteiger charge is 2.21. The minimum atomic E-state index is 0.580. The van der Waals surface area contributed by atoms with Crippen LogP contribution >= 0.6 is 0 Å². The molecule has 5 nitrogen and oxygen atoms in total. The van der Waals surface area contributed by atoms with Gasteiger partial charge in [0, 0.05) is 32.7 Å². The maximum atomic E-state index is 6.23. The summed E-state index contributed by atoms with van der Waals surface area (Å²) in [5.74, 6) is 1.85. The van der Waals surface area contributed by atoms with Crippen molar-refractivity contribution in [2.24, 2.45) is 0 Å². The first-order chi connectivity index (χ1) is 18.8. The van der Waals surface area contributed by atoms with Gasteiger partial charge in [-0.05, 0) is 24.3 Å². The van der Waals surface area contributed by atoms with Crippen molar-refractivity contribution in [2.75, 3.05) is 0 Å². The number of rotatable bonds is 3. The standard InChI is InChI=1S/C33H20N4O/c1-3-11-21(12-4-1)31-34-32(22-13-5-2-6-14-22)36-33(35-31)37-25-17-9-7-15-23(25)29-26(37)19-20-28-30(29)24-16-8-10-18-27(24)38-28/h1-20H. The van der Waals surface area contributed by atoms with Crippen molar-refractivity contribution in [1.82, 2.24) is 19.5 Å². The zero-order chi connectivity index (χ0) is 25.1. The molecule has 3 heterocycles. The van der Waals surface area contributed by atoms with Crippen molar-refractivity contribution in [3.63, 3.8) is 0 Å². The molecular formula is C33H20N4O. The fourth-order valence-corrected chi connectivity index (χ4v) is 5.39. The maximum absolute atomic E-state index is 6.23. The number of hydrogen-bond donors (Lipinski definition) is 0. The highest BCUT2D eigenvalue weighted by atomic mass is 16.3. The molecule has 0 amide bonds. The van der Waals surface area contributed by atoms with Gasteiger partial charge in [0.05, 0.1) is 11.0 Å². The molecule has 0 saturated heterocycles. The second kappa shape index (κ2) is 8.11. The molecule has 0 N–H and O–H groups in total. The van der Waals surface area contributed by atoms with Crippen LogP contribution in [0, 0.1) is 0 Å². The van der Waals surface area contributed by atoms with E-state index >= 15 is 0 Å². The van der Waals surface area contributed by atoms with E-state index in [1.165, 1.54) is 0 Å². The average molecular weight is 489 g/mol. The van der Waals surface area contributed by atoms with Gasteiger partial charge in [-0.2, -0.15) is 9.97 Å². The van der Waals surface area contributed by atoms with Crippen LogP contribution in [-0.4, -0.2) is 19.5 Å². The summed E-state index contributed by atoms with van der Waals surface area (Å²) < 4.78 is 8.37. The Morgan fingerprint density at radius 1 is 0.447 bits per heavy atom.